The molecule has 5 heteroatoms. The van der Waals surface area contributed by atoms with Crippen LogP contribution >= 0.6 is 0 Å². The number of rotatable bonds is 5. The number of nitrogens with zero attached hydrogens (tertiary/aromatic N) is 3. The summed E-state index contributed by atoms with van der Waals surface area (Å²) in [5.41, 5.74) is 5.60. The first kappa shape index (κ1) is 16.9. The fourth-order valence-corrected chi connectivity index (χ4v) is 2.72. The number of benzene rings is 2. The Hall–Kier alpha value is -2.95. The van der Waals surface area contributed by atoms with Crippen LogP contribution in [0.4, 0.5) is 23.1 Å². The third kappa shape index (κ3) is 3.94. The van der Waals surface area contributed by atoms with E-state index in [1.54, 1.807) is 6.20 Å². The first-order chi connectivity index (χ1) is 12.0. The van der Waals surface area contributed by atoms with Gasteiger partial charge in [0.2, 0.25) is 5.95 Å². The topological polar surface area (TPSA) is 62.7 Å². The molecule has 0 aliphatic heterocycles. The maximum Gasteiger partial charge on any atom is 0.249 e. The second-order valence-electron chi connectivity index (χ2n) is 6.42. The van der Waals surface area contributed by atoms with E-state index in [9.17, 15) is 0 Å². The highest BCUT2D eigenvalue weighted by Gasteiger charge is 2.11. The molecule has 0 bridgehead atoms. The molecule has 0 amide bonds. The van der Waals surface area contributed by atoms with Crippen LogP contribution in [0.25, 0.3) is 0 Å². The lowest BCUT2D eigenvalue weighted by Gasteiger charge is -2.16. The first-order valence-corrected chi connectivity index (χ1v) is 8.43. The van der Waals surface area contributed by atoms with Crippen molar-refractivity contribution in [2.45, 2.75) is 33.6 Å². The maximum atomic E-state index is 4.55. The van der Waals surface area contributed by atoms with E-state index in [0.717, 1.165) is 22.5 Å². The van der Waals surface area contributed by atoms with E-state index in [4.69, 9.17) is 0 Å². The smallest absolute Gasteiger partial charge is 0.249 e. The van der Waals surface area contributed by atoms with Crippen LogP contribution in [0.15, 0.2) is 48.7 Å². The van der Waals surface area contributed by atoms with E-state index in [2.05, 4.69) is 77.8 Å². The van der Waals surface area contributed by atoms with Crippen LogP contribution < -0.4 is 10.6 Å². The largest absolute Gasteiger partial charge is 0.339 e. The molecule has 1 aromatic heterocycles. The van der Waals surface area contributed by atoms with Gasteiger partial charge in [-0.15, -0.1) is 5.10 Å². The molecule has 0 aliphatic rings. The van der Waals surface area contributed by atoms with Crippen molar-refractivity contribution in [3.63, 3.8) is 0 Å². The van der Waals surface area contributed by atoms with E-state index in [1.807, 2.05) is 18.2 Å². The average molecular weight is 333 g/mol. The predicted octanol–water partition coefficient (Wildman–Crippen LogP) is 5.10. The molecule has 0 atom stereocenters. The van der Waals surface area contributed by atoms with Crippen molar-refractivity contribution in [3.05, 3.63) is 65.4 Å². The van der Waals surface area contributed by atoms with Crippen molar-refractivity contribution < 1.29 is 0 Å². The zero-order chi connectivity index (χ0) is 17.8. The summed E-state index contributed by atoms with van der Waals surface area (Å²) >= 11 is 0. The van der Waals surface area contributed by atoms with Crippen molar-refractivity contribution in [1.82, 2.24) is 15.2 Å². The lowest BCUT2D eigenvalue weighted by molar-refractivity contribution is 0.865. The van der Waals surface area contributed by atoms with Gasteiger partial charge in [0.15, 0.2) is 5.82 Å². The number of nitrogens with one attached hydrogen (secondary N) is 2. The molecule has 0 aliphatic carbocycles. The molecule has 128 valence electrons. The summed E-state index contributed by atoms with van der Waals surface area (Å²) in [6.07, 6.45) is 1.62. The van der Waals surface area contributed by atoms with Crippen molar-refractivity contribution in [2.24, 2.45) is 0 Å². The second kappa shape index (κ2) is 7.30. The quantitative estimate of drug-likeness (QED) is 0.680. The molecule has 3 aromatic rings. The molecule has 0 fully saturated rings. The van der Waals surface area contributed by atoms with Gasteiger partial charge in [-0.1, -0.05) is 50.2 Å². The molecule has 2 N–H and O–H groups in total. The van der Waals surface area contributed by atoms with Crippen molar-refractivity contribution >= 4 is 23.1 Å². The van der Waals surface area contributed by atoms with Gasteiger partial charge in [-0.3, -0.25) is 0 Å². The van der Waals surface area contributed by atoms with Gasteiger partial charge in [0.25, 0.3) is 0 Å². The molecule has 5 nitrogen and oxygen atoms in total. The normalized spacial score (nSPS) is 10.8. The Labute approximate surface area is 148 Å². The molecule has 0 unspecified atom stereocenters. The van der Waals surface area contributed by atoms with Crippen LogP contribution in [0.1, 0.15) is 36.5 Å². The molecule has 0 saturated heterocycles. The Morgan fingerprint density at radius 1 is 0.880 bits per heavy atom. The number of hydrogen-bond acceptors (Lipinski definition) is 5. The Morgan fingerprint density at radius 3 is 2.40 bits per heavy atom. The van der Waals surface area contributed by atoms with Gasteiger partial charge in [0.1, 0.15) is 0 Å². The lowest BCUT2D eigenvalue weighted by Crippen LogP contribution is -2.06. The summed E-state index contributed by atoms with van der Waals surface area (Å²) in [6.45, 7) is 8.49. The summed E-state index contributed by atoms with van der Waals surface area (Å²) < 4.78 is 0. The Morgan fingerprint density at radius 2 is 1.64 bits per heavy atom. The molecule has 0 spiro atoms. The van der Waals surface area contributed by atoms with Crippen LogP contribution in [0.3, 0.4) is 0 Å². The van der Waals surface area contributed by atoms with Gasteiger partial charge in [0.05, 0.1) is 6.20 Å². The molecule has 0 saturated carbocycles. The van der Waals surface area contributed by atoms with Gasteiger partial charge < -0.3 is 10.6 Å². The Kier molecular flexibility index (Phi) is 4.93. The van der Waals surface area contributed by atoms with Crippen LogP contribution in [0.2, 0.25) is 0 Å². The number of anilines is 4. The fraction of sp³-hybridized carbons (Fsp3) is 0.250. The number of hydrogen-bond donors (Lipinski definition) is 2. The van der Waals surface area contributed by atoms with Gasteiger partial charge >= 0.3 is 0 Å². The molecule has 25 heavy (non-hydrogen) atoms. The van der Waals surface area contributed by atoms with Crippen molar-refractivity contribution in [2.75, 3.05) is 10.6 Å². The van der Waals surface area contributed by atoms with E-state index in [0.29, 0.717) is 17.7 Å². The summed E-state index contributed by atoms with van der Waals surface area (Å²) in [4.78, 5) is 4.55. The minimum absolute atomic E-state index is 0.406. The molecular formula is C20H23N5. The highest BCUT2D eigenvalue weighted by atomic mass is 15.3. The number of aromatic nitrogens is 3. The molecule has 0 radical (unpaired) electrons. The summed E-state index contributed by atoms with van der Waals surface area (Å²) in [7, 11) is 0. The van der Waals surface area contributed by atoms with E-state index >= 15 is 0 Å². The minimum atomic E-state index is 0.406. The third-order valence-electron chi connectivity index (χ3n) is 4.13. The number of para-hydroxylation sites is 2. The Bertz CT molecular complexity index is 873. The van der Waals surface area contributed by atoms with Gasteiger partial charge in [-0.25, -0.2) is 0 Å². The summed E-state index contributed by atoms with van der Waals surface area (Å²) in [5.74, 6) is 1.55. The van der Waals surface area contributed by atoms with E-state index < -0.39 is 0 Å². The monoisotopic (exact) mass is 333 g/mol. The first-order valence-electron chi connectivity index (χ1n) is 8.43. The zero-order valence-electron chi connectivity index (χ0n) is 15.0. The average Bonchev–Trinajstić information content (AvgIpc) is 2.59. The summed E-state index contributed by atoms with van der Waals surface area (Å²) in [5, 5.41) is 14.8. The minimum Gasteiger partial charge on any atom is -0.339 e. The van der Waals surface area contributed by atoms with Crippen LogP contribution in [0, 0.1) is 13.8 Å². The third-order valence-corrected chi connectivity index (χ3v) is 4.13. The SMILES string of the molecule is Cc1ccccc1Nc1cnnc(Nc2c(C)cccc2C(C)C)n1. The van der Waals surface area contributed by atoms with Crippen LogP contribution in [0.5, 0.6) is 0 Å². The molecule has 3 rings (SSSR count). The summed E-state index contributed by atoms with van der Waals surface area (Å²) in [6, 6.07) is 14.4. The second-order valence-corrected chi connectivity index (χ2v) is 6.42. The van der Waals surface area contributed by atoms with Crippen molar-refractivity contribution in [3.8, 4) is 0 Å². The number of aryl methyl sites for hydroxylation is 2. The molecule has 1 heterocycles. The highest BCUT2D eigenvalue weighted by molar-refractivity contribution is 5.65. The van der Waals surface area contributed by atoms with Gasteiger partial charge in [-0.2, -0.15) is 10.1 Å². The van der Waals surface area contributed by atoms with Gasteiger partial charge in [0, 0.05) is 11.4 Å². The fourth-order valence-electron chi connectivity index (χ4n) is 2.72. The van der Waals surface area contributed by atoms with Crippen LogP contribution in [-0.4, -0.2) is 15.2 Å². The van der Waals surface area contributed by atoms with Crippen molar-refractivity contribution in [1.29, 1.82) is 0 Å². The molecule has 2 aromatic carbocycles. The van der Waals surface area contributed by atoms with Gasteiger partial charge in [-0.05, 0) is 42.5 Å². The lowest BCUT2D eigenvalue weighted by atomic mass is 9.98. The standard InChI is InChI=1S/C20H23N5/c1-13(2)16-10-7-9-15(4)19(16)24-20-23-18(12-21-25-20)22-17-11-6-5-8-14(17)3/h5-13H,1-4H3,(H2,22,23,24,25). The zero-order valence-corrected chi connectivity index (χ0v) is 15.0. The van der Waals surface area contributed by atoms with Crippen LogP contribution in [-0.2, 0) is 0 Å². The Balaban J connectivity index is 1.87. The van der Waals surface area contributed by atoms with E-state index in [1.165, 1.54) is 5.56 Å². The molecular weight excluding hydrogens is 310 g/mol. The highest BCUT2D eigenvalue weighted by Crippen LogP contribution is 2.29. The van der Waals surface area contributed by atoms with E-state index in [-0.39, 0.29) is 0 Å². The maximum absolute atomic E-state index is 4.55. The predicted molar refractivity (Wildman–Crippen MR) is 103 cm³/mol.